The molecule has 0 bridgehead atoms. The second kappa shape index (κ2) is 6.67. The van der Waals surface area contributed by atoms with E-state index in [-0.39, 0.29) is 5.92 Å². The number of hydrogen-bond donors (Lipinski definition) is 2. The predicted octanol–water partition coefficient (Wildman–Crippen LogP) is 1.75. The summed E-state index contributed by atoms with van der Waals surface area (Å²) in [6.45, 7) is 5.07. The molecule has 1 saturated heterocycles. The molecule has 1 heterocycles. The van der Waals surface area contributed by atoms with Crippen LogP contribution in [0.25, 0.3) is 0 Å². The highest BCUT2D eigenvalue weighted by Crippen LogP contribution is 2.76. The first-order chi connectivity index (χ1) is 13.4. The van der Waals surface area contributed by atoms with E-state index >= 15 is 0 Å². The Balaban J connectivity index is 1.94. The normalized spacial score (nSPS) is 41.7. The number of allylic oxidation sites excluding steroid dienone is 3. The number of methoxy groups -OCH3 is 1. The first kappa shape index (κ1) is 19.1. The number of aliphatic hydroxyl groups excluding tert-OH is 1. The van der Waals surface area contributed by atoms with E-state index in [4.69, 9.17) is 14.2 Å². The van der Waals surface area contributed by atoms with E-state index in [1.807, 2.05) is 0 Å². The van der Waals surface area contributed by atoms with Gasteiger partial charge in [-0.2, -0.15) is 0 Å². The number of rotatable bonds is 2. The SMILES string of the molecule is CC/C=C1\C2[C@@H](O)C#C/C=C\C#CC23C(NC(=O)OC)C2(C[C@]13C)OCCO2. The van der Waals surface area contributed by atoms with Gasteiger partial charge in [0.15, 0.2) is 5.79 Å². The summed E-state index contributed by atoms with van der Waals surface area (Å²) in [4.78, 5) is 12.3. The molecule has 28 heavy (non-hydrogen) atoms. The van der Waals surface area contributed by atoms with Gasteiger partial charge >= 0.3 is 6.09 Å². The zero-order valence-corrected chi connectivity index (χ0v) is 16.4. The fourth-order valence-corrected chi connectivity index (χ4v) is 5.66. The minimum atomic E-state index is -1.01. The molecule has 3 aliphatic carbocycles. The van der Waals surface area contributed by atoms with Crippen LogP contribution in [0.4, 0.5) is 4.79 Å². The molecule has 6 nitrogen and oxygen atoms in total. The van der Waals surface area contributed by atoms with Gasteiger partial charge in [-0.05, 0) is 18.6 Å². The van der Waals surface area contributed by atoms with Gasteiger partial charge in [0.05, 0.1) is 25.7 Å². The Bertz CT molecular complexity index is 863. The lowest BCUT2D eigenvalue weighted by Gasteiger charge is -2.61. The molecule has 148 valence electrons. The average Bonchev–Trinajstić information content (AvgIpc) is 3.21. The number of nitrogens with one attached hydrogen (secondary N) is 1. The summed E-state index contributed by atoms with van der Waals surface area (Å²) in [7, 11) is 1.32. The minimum Gasteiger partial charge on any atom is -0.453 e. The molecule has 2 N–H and O–H groups in total. The van der Waals surface area contributed by atoms with Crippen LogP contribution in [0.3, 0.4) is 0 Å². The smallest absolute Gasteiger partial charge is 0.407 e. The lowest BCUT2D eigenvalue weighted by atomic mass is 9.41. The maximum absolute atomic E-state index is 12.3. The summed E-state index contributed by atoms with van der Waals surface area (Å²) < 4.78 is 17.1. The molecule has 2 saturated carbocycles. The molecule has 0 aromatic heterocycles. The van der Waals surface area contributed by atoms with Crippen LogP contribution in [0.15, 0.2) is 23.8 Å². The molecule has 4 aliphatic rings. The van der Waals surface area contributed by atoms with Gasteiger partial charge in [-0.1, -0.05) is 49.2 Å². The highest BCUT2D eigenvalue weighted by Gasteiger charge is 2.81. The van der Waals surface area contributed by atoms with Crippen molar-refractivity contribution in [2.45, 2.75) is 44.6 Å². The Labute approximate surface area is 165 Å². The number of carbonyl (C=O) groups excluding carboxylic acids is 1. The van der Waals surface area contributed by atoms with E-state index < -0.39 is 34.9 Å². The highest BCUT2D eigenvalue weighted by molar-refractivity contribution is 5.69. The Morgan fingerprint density at radius 2 is 2.11 bits per heavy atom. The van der Waals surface area contributed by atoms with Crippen LogP contribution in [0.2, 0.25) is 0 Å². The zero-order valence-electron chi connectivity index (χ0n) is 16.4. The number of alkyl carbamates (subject to hydrolysis) is 1. The highest BCUT2D eigenvalue weighted by atomic mass is 16.7. The van der Waals surface area contributed by atoms with Crippen molar-refractivity contribution in [3.05, 3.63) is 23.8 Å². The van der Waals surface area contributed by atoms with E-state index in [1.54, 1.807) is 12.2 Å². The second-order valence-corrected chi connectivity index (χ2v) is 7.84. The van der Waals surface area contributed by atoms with Gasteiger partial charge in [0, 0.05) is 17.8 Å². The van der Waals surface area contributed by atoms with Crippen LogP contribution in [0.5, 0.6) is 0 Å². The van der Waals surface area contributed by atoms with Gasteiger partial charge in [-0.15, -0.1) is 0 Å². The lowest BCUT2D eigenvalue weighted by Crippen LogP contribution is -2.68. The average molecular weight is 383 g/mol. The number of amides is 1. The van der Waals surface area contributed by atoms with Gasteiger partial charge in [-0.3, -0.25) is 0 Å². The van der Waals surface area contributed by atoms with Crippen molar-refractivity contribution in [3.63, 3.8) is 0 Å². The molecule has 0 aromatic rings. The van der Waals surface area contributed by atoms with Crippen LogP contribution < -0.4 is 5.32 Å². The minimum absolute atomic E-state index is 0.355. The van der Waals surface area contributed by atoms with Gasteiger partial charge < -0.3 is 24.6 Å². The molecule has 6 heteroatoms. The molecule has 3 fully saturated rings. The van der Waals surface area contributed by atoms with Gasteiger partial charge in [-0.25, -0.2) is 4.79 Å². The van der Waals surface area contributed by atoms with E-state index in [0.717, 1.165) is 12.0 Å². The largest absolute Gasteiger partial charge is 0.453 e. The summed E-state index contributed by atoms with van der Waals surface area (Å²) >= 11 is 0. The molecule has 0 aromatic carbocycles. The third-order valence-electron chi connectivity index (χ3n) is 6.59. The molecule has 2 spiro atoms. The maximum Gasteiger partial charge on any atom is 0.407 e. The van der Waals surface area contributed by atoms with Gasteiger partial charge in [0.2, 0.25) is 0 Å². The van der Waals surface area contributed by atoms with Crippen LogP contribution in [0, 0.1) is 40.4 Å². The van der Waals surface area contributed by atoms with Crippen molar-refractivity contribution in [2.24, 2.45) is 16.7 Å². The summed E-state index contributed by atoms with van der Waals surface area (Å²) in [5.74, 6) is 10.9. The van der Waals surface area contributed by atoms with Gasteiger partial charge in [0.1, 0.15) is 12.1 Å². The Morgan fingerprint density at radius 1 is 1.39 bits per heavy atom. The topological polar surface area (TPSA) is 77.0 Å². The molecule has 1 amide bonds. The van der Waals surface area contributed by atoms with Gasteiger partial charge in [0.25, 0.3) is 0 Å². The monoisotopic (exact) mass is 383 g/mol. The molecule has 1 aliphatic heterocycles. The third kappa shape index (κ3) is 2.32. The zero-order chi connectivity index (χ0) is 20.0. The Kier molecular flexibility index (Phi) is 4.55. The van der Waals surface area contributed by atoms with E-state index in [9.17, 15) is 9.90 Å². The lowest BCUT2D eigenvalue weighted by molar-refractivity contribution is -0.173. The van der Waals surface area contributed by atoms with Crippen LogP contribution in [-0.2, 0) is 14.2 Å². The molecule has 4 rings (SSSR count). The van der Waals surface area contributed by atoms with Crippen LogP contribution >= 0.6 is 0 Å². The number of hydrogen-bond acceptors (Lipinski definition) is 5. The number of ether oxygens (including phenoxy) is 3. The molecular weight excluding hydrogens is 358 g/mol. The number of carbonyl (C=O) groups is 1. The van der Waals surface area contributed by atoms with E-state index in [1.165, 1.54) is 7.11 Å². The Morgan fingerprint density at radius 3 is 2.79 bits per heavy atom. The first-order valence-electron chi connectivity index (χ1n) is 9.65. The van der Waals surface area contributed by atoms with Crippen molar-refractivity contribution >= 4 is 6.09 Å². The summed E-state index contributed by atoms with van der Waals surface area (Å²) in [6.07, 6.45) is 5.32. The quantitative estimate of drug-likeness (QED) is 0.561. The predicted molar refractivity (Wildman–Crippen MR) is 102 cm³/mol. The summed E-state index contributed by atoms with van der Waals surface area (Å²) in [6, 6.07) is -0.602. The molecule has 0 radical (unpaired) electrons. The van der Waals surface area contributed by atoms with Crippen molar-refractivity contribution in [1.82, 2.24) is 5.32 Å². The van der Waals surface area contributed by atoms with Crippen molar-refractivity contribution in [1.29, 1.82) is 0 Å². The van der Waals surface area contributed by atoms with Crippen LogP contribution in [-0.4, -0.2) is 49.5 Å². The second-order valence-electron chi connectivity index (χ2n) is 7.84. The van der Waals surface area contributed by atoms with Crippen LogP contribution in [0.1, 0.15) is 26.7 Å². The number of aliphatic hydroxyl groups is 1. The van der Waals surface area contributed by atoms with Crippen molar-refractivity contribution in [2.75, 3.05) is 20.3 Å². The van der Waals surface area contributed by atoms with Crippen molar-refractivity contribution < 1.29 is 24.1 Å². The Hall–Kier alpha value is -2.25. The first-order valence-corrected chi connectivity index (χ1v) is 9.65. The summed E-state index contributed by atoms with van der Waals surface area (Å²) in [5, 5.41) is 13.9. The summed E-state index contributed by atoms with van der Waals surface area (Å²) in [5.41, 5.74) is -0.131. The van der Waals surface area contributed by atoms with E-state index in [0.29, 0.717) is 19.6 Å². The van der Waals surface area contributed by atoms with Crippen molar-refractivity contribution in [3.8, 4) is 23.7 Å². The van der Waals surface area contributed by atoms with E-state index in [2.05, 4.69) is 48.9 Å². The third-order valence-corrected chi connectivity index (χ3v) is 6.59. The maximum atomic E-state index is 12.3. The fourth-order valence-electron chi connectivity index (χ4n) is 5.66. The molecule has 5 atom stereocenters. The fraction of sp³-hybridized carbons (Fsp3) is 0.591. The molecule has 3 unspecified atom stereocenters. The molecular formula is C22H25NO5. The standard InChI is InChI=1S/C22H25NO5/c1-4-9-15-17-16(24)10-7-5-6-8-11-21(17)18(23-19(25)26-3)22(14-20(15,21)2)27-12-13-28-22/h5-6,9,16-18,24H,4,12-14H2,1-3H3,(H,23,25)/b6-5-,15-9+/t16-,17?,18?,20+,21?/m0/s1.